The van der Waals surface area contributed by atoms with Crippen LogP contribution in [0, 0.1) is 0 Å². The number of hydrogen-bond acceptors (Lipinski definition) is 2. The van der Waals surface area contributed by atoms with Crippen molar-refractivity contribution in [1.82, 2.24) is 0 Å². The zero-order chi connectivity index (χ0) is 23.9. The largest absolute Gasteiger partial charge is 0.330 e. The monoisotopic (exact) mass is 490 g/mol. The maximum atomic E-state index is 13.2. The molecule has 170 valence electrons. The van der Waals surface area contributed by atoms with Crippen LogP contribution in [0.15, 0.2) is 103 Å². The first-order valence-corrected chi connectivity index (χ1v) is 11.1. The molecule has 0 aliphatic rings. The summed E-state index contributed by atoms with van der Waals surface area (Å²) >= 11 is 11.8. The average molecular weight is 491 g/mol. The van der Waals surface area contributed by atoms with Gasteiger partial charge in [-0.05, 0) is 84.9 Å². The SMILES string of the molecule is O=C(Nc1ccc(Cl)cc1)Nc1ccc(N(C(=O)Nc2ccc(Cl)cc2)c2ccccc2)cc1. The molecule has 0 fully saturated rings. The number of nitrogens with one attached hydrogen (secondary N) is 3. The van der Waals surface area contributed by atoms with Crippen LogP contribution in [0.1, 0.15) is 0 Å². The summed E-state index contributed by atoms with van der Waals surface area (Å²) in [4.78, 5) is 27.0. The predicted octanol–water partition coefficient (Wildman–Crippen LogP) is 8.01. The van der Waals surface area contributed by atoms with Gasteiger partial charge in [-0.2, -0.15) is 0 Å². The zero-order valence-electron chi connectivity index (χ0n) is 17.8. The van der Waals surface area contributed by atoms with Crippen LogP contribution in [0.2, 0.25) is 10.0 Å². The van der Waals surface area contributed by atoms with Crippen molar-refractivity contribution in [2.24, 2.45) is 0 Å². The Morgan fingerprint density at radius 1 is 0.529 bits per heavy atom. The molecule has 0 unspecified atom stereocenters. The lowest BCUT2D eigenvalue weighted by atomic mass is 10.2. The van der Waals surface area contributed by atoms with Gasteiger partial charge in [0, 0.05) is 27.1 Å². The number of halogens is 2. The molecule has 4 amide bonds. The third-order valence-corrected chi connectivity index (χ3v) is 5.30. The van der Waals surface area contributed by atoms with E-state index in [4.69, 9.17) is 23.2 Å². The van der Waals surface area contributed by atoms with Crippen LogP contribution in [-0.2, 0) is 0 Å². The van der Waals surface area contributed by atoms with Crippen LogP contribution >= 0.6 is 23.2 Å². The molecule has 0 heterocycles. The molecule has 4 aromatic rings. The molecule has 4 aromatic carbocycles. The lowest BCUT2D eigenvalue weighted by molar-refractivity contribution is 0.258. The van der Waals surface area contributed by atoms with Gasteiger partial charge in [0.1, 0.15) is 0 Å². The van der Waals surface area contributed by atoms with E-state index < -0.39 is 6.03 Å². The molecule has 0 atom stereocenters. The van der Waals surface area contributed by atoms with Gasteiger partial charge in [0.15, 0.2) is 0 Å². The summed E-state index contributed by atoms with van der Waals surface area (Å²) in [6.45, 7) is 0. The minimum absolute atomic E-state index is 0.338. The molecule has 0 aliphatic heterocycles. The predicted molar refractivity (Wildman–Crippen MR) is 140 cm³/mol. The van der Waals surface area contributed by atoms with E-state index in [2.05, 4.69) is 16.0 Å². The van der Waals surface area contributed by atoms with Gasteiger partial charge in [0.2, 0.25) is 0 Å². The molecule has 3 N–H and O–H groups in total. The number of hydrogen-bond donors (Lipinski definition) is 3. The highest BCUT2D eigenvalue weighted by Crippen LogP contribution is 2.28. The van der Waals surface area contributed by atoms with E-state index in [9.17, 15) is 9.59 Å². The summed E-state index contributed by atoms with van der Waals surface area (Å²) < 4.78 is 0. The number of benzene rings is 4. The van der Waals surface area contributed by atoms with Gasteiger partial charge in [-0.15, -0.1) is 0 Å². The Hall–Kier alpha value is -4.00. The van der Waals surface area contributed by atoms with Gasteiger partial charge < -0.3 is 16.0 Å². The number of carbonyl (C=O) groups is 2. The van der Waals surface area contributed by atoms with Gasteiger partial charge in [-0.3, -0.25) is 4.90 Å². The molecular weight excluding hydrogens is 471 g/mol. The van der Waals surface area contributed by atoms with Crippen molar-refractivity contribution in [1.29, 1.82) is 0 Å². The third-order valence-electron chi connectivity index (χ3n) is 4.80. The van der Waals surface area contributed by atoms with E-state index in [1.165, 1.54) is 0 Å². The topological polar surface area (TPSA) is 73.5 Å². The van der Waals surface area contributed by atoms with Crippen molar-refractivity contribution < 1.29 is 9.59 Å². The molecule has 0 radical (unpaired) electrons. The lowest BCUT2D eigenvalue weighted by Gasteiger charge is -2.24. The second-order valence-corrected chi connectivity index (χ2v) is 8.11. The van der Waals surface area contributed by atoms with Gasteiger partial charge in [-0.25, -0.2) is 9.59 Å². The minimum atomic E-state index is -0.393. The zero-order valence-corrected chi connectivity index (χ0v) is 19.3. The van der Waals surface area contributed by atoms with Crippen LogP contribution in [0.5, 0.6) is 0 Å². The molecule has 0 aliphatic carbocycles. The summed E-state index contributed by atoms with van der Waals surface area (Å²) in [5.41, 5.74) is 3.12. The normalized spacial score (nSPS) is 10.3. The van der Waals surface area contributed by atoms with Gasteiger partial charge >= 0.3 is 12.1 Å². The smallest absolute Gasteiger partial charge is 0.308 e. The molecule has 6 nitrogen and oxygen atoms in total. The van der Waals surface area contributed by atoms with Crippen LogP contribution in [0.4, 0.5) is 38.0 Å². The second-order valence-electron chi connectivity index (χ2n) is 7.24. The maximum absolute atomic E-state index is 13.2. The number of urea groups is 2. The van der Waals surface area contributed by atoms with Crippen molar-refractivity contribution in [2.45, 2.75) is 0 Å². The van der Waals surface area contributed by atoms with Crippen molar-refractivity contribution >= 4 is 63.7 Å². The van der Waals surface area contributed by atoms with Crippen molar-refractivity contribution in [2.75, 3.05) is 20.9 Å². The highest BCUT2D eigenvalue weighted by molar-refractivity contribution is 6.31. The third kappa shape index (κ3) is 6.07. The highest BCUT2D eigenvalue weighted by atomic mass is 35.5. The fourth-order valence-electron chi connectivity index (χ4n) is 3.19. The summed E-state index contributed by atoms with van der Waals surface area (Å²) in [5.74, 6) is 0. The molecule has 0 spiro atoms. The van der Waals surface area contributed by atoms with E-state index in [1.54, 1.807) is 77.7 Å². The first-order valence-electron chi connectivity index (χ1n) is 10.3. The van der Waals surface area contributed by atoms with Crippen LogP contribution < -0.4 is 20.9 Å². The van der Waals surface area contributed by atoms with Crippen molar-refractivity contribution in [3.63, 3.8) is 0 Å². The molecule has 0 saturated heterocycles. The van der Waals surface area contributed by atoms with E-state index in [1.807, 2.05) is 30.3 Å². The van der Waals surface area contributed by atoms with Crippen molar-refractivity contribution in [3.05, 3.63) is 113 Å². The van der Waals surface area contributed by atoms with E-state index in [0.717, 1.165) is 0 Å². The molecule has 34 heavy (non-hydrogen) atoms. The number of amides is 4. The highest BCUT2D eigenvalue weighted by Gasteiger charge is 2.18. The Balaban J connectivity index is 1.50. The number of para-hydroxylation sites is 1. The van der Waals surface area contributed by atoms with Crippen LogP contribution in [-0.4, -0.2) is 12.1 Å². The van der Waals surface area contributed by atoms with Crippen LogP contribution in [0.3, 0.4) is 0 Å². The molecule has 4 rings (SSSR count). The average Bonchev–Trinajstić information content (AvgIpc) is 2.84. The van der Waals surface area contributed by atoms with Crippen LogP contribution in [0.25, 0.3) is 0 Å². The first-order chi connectivity index (χ1) is 16.5. The summed E-state index contributed by atoms with van der Waals surface area (Å²) in [5, 5.41) is 9.56. The first kappa shape index (κ1) is 23.2. The number of anilines is 5. The number of nitrogens with zero attached hydrogens (tertiary/aromatic N) is 1. The Morgan fingerprint density at radius 2 is 0.941 bits per heavy atom. The lowest BCUT2D eigenvalue weighted by Crippen LogP contribution is -2.30. The number of carbonyl (C=O) groups excluding carboxylic acids is 2. The molecule has 8 heteroatoms. The molecule has 0 aromatic heterocycles. The molecule has 0 saturated carbocycles. The fourth-order valence-corrected chi connectivity index (χ4v) is 3.45. The van der Waals surface area contributed by atoms with E-state index >= 15 is 0 Å². The fraction of sp³-hybridized carbons (Fsp3) is 0. The van der Waals surface area contributed by atoms with Gasteiger partial charge in [-0.1, -0.05) is 41.4 Å². The summed E-state index contributed by atoms with van der Waals surface area (Å²) in [7, 11) is 0. The molecule has 0 bridgehead atoms. The summed E-state index contributed by atoms with van der Waals surface area (Å²) in [6.07, 6.45) is 0. The minimum Gasteiger partial charge on any atom is -0.308 e. The van der Waals surface area contributed by atoms with Gasteiger partial charge in [0.25, 0.3) is 0 Å². The molecular formula is C26H20Cl2N4O2. The Morgan fingerprint density at radius 3 is 1.44 bits per heavy atom. The van der Waals surface area contributed by atoms with E-state index in [0.29, 0.717) is 38.5 Å². The quantitative estimate of drug-likeness (QED) is 0.265. The Labute approximate surface area is 207 Å². The summed E-state index contributed by atoms with van der Waals surface area (Å²) in [6, 6.07) is 29.2. The standard InChI is InChI=1S/C26H20Cl2N4O2/c27-18-6-10-20(11-7-18)29-25(33)30-21-14-16-24(17-15-21)32(23-4-2-1-3-5-23)26(34)31-22-12-8-19(28)9-13-22/h1-17H,(H,31,34)(H2,29,30,33). The maximum Gasteiger partial charge on any atom is 0.330 e. The van der Waals surface area contributed by atoms with Crippen molar-refractivity contribution in [3.8, 4) is 0 Å². The Kier molecular flexibility index (Phi) is 7.32. The van der Waals surface area contributed by atoms with E-state index in [-0.39, 0.29) is 6.03 Å². The Bertz CT molecular complexity index is 1260. The number of rotatable bonds is 5. The van der Waals surface area contributed by atoms with Gasteiger partial charge in [0.05, 0.1) is 11.4 Å². The second kappa shape index (κ2) is 10.7.